The molecule has 0 spiro atoms. The highest BCUT2D eigenvalue weighted by molar-refractivity contribution is 6.16. The van der Waals surface area contributed by atoms with E-state index in [4.69, 9.17) is 20.9 Å². The van der Waals surface area contributed by atoms with Gasteiger partial charge >= 0.3 is 0 Å². The van der Waals surface area contributed by atoms with E-state index in [0.29, 0.717) is 29.4 Å². The van der Waals surface area contributed by atoms with Crippen molar-refractivity contribution in [3.63, 3.8) is 0 Å². The van der Waals surface area contributed by atoms with Gasteiger partial charge in [-0.2, -0.15) is 4.98 Å². The zero-order chi connectivity index (χ0) is 14.1. The van der Waals surface area contributed by atoms with Crippen LogP contribution >= 0.6 is 11.6 Å². The van der Waals surface area contributed by atoms with Crippen LogP contribution in [0.2, 0.25) is 0 Å². The summed E-state index contributed by atoms with van der Waals surface area (Å²) in [5, 5.41) is 3.97. The van der Waals surface area contributed by atoms with Gasteiger partial charge < -0.3 is 13.8 Å². The molecule has 0 radical (unpaired) electrons. The van der Waals surface area contributed by atoms with Gasteiger partial charge in [0.05, 0.1) is 19.5 Å². The summed E-state index contributed by atoms with van der Waals surface area (Å²) in [6.07, 6.45) is 1.44. The summed E-state index contributed by atoms with van der Waals surface area (Å²) in [4.78, 5) is 12.7. The van der Waals surface area contributed by atoms with Crippen LogP contribution in [0.1, 0.15) is 17.3 Å². The molecule has 3 rings (SSSR count). The second-order valence-electron chi connectivity index (χ2n) is 4.23. The molecular formula is C12H12ClN5O2. The number of fused-ring (bicyclic) bond motifs is 1. The Morgan fingerprint density at radius 3 is 2.90 bits per heavy atom. The number of methoxy groups -OCH3 is 1. The molecule has 0 amide bonds. The fraction of sp³-hybridized carbons (Fsp3) is 0.333. The molecule has 20 heavy (non-hydrogen) atoms. The summed E-state index contributed by atoms with van der Waals surface area (Å²) in [6.45, 7) is 2.33. The molecule has 0 unspecified atom stereocenters. The first-order valence-electron chi connectivity index (χ1n) is 5.95. The van der Waals surface area contributed by atoms with Gasteiger partial charge in [0.1, 0.15) is 23.6 Å². The van der Waals surface area contributed by atoms with Crippen molar-refractivity contribution >= 4 is 22.8 Å². The maximum atomic E-state index is 5.95. The van der Waals surface area contributed by atoms with E-state index in [0.717, 1.165) is 11.5 Å². The fourth-order valence-corrected chi connectivity index (χ4v) is 2.24. The number of imidazole rings is 1. The highest BCUT2D eigenvalue weighted by Gasteiger charge is 2.17. The highest BCUT2D eigenvalue weighted by Crippen LogP contribution is 2.23. The molecule has 7 nitrogen and oxygen atoms in total. The van der Waals surface area contributed by atoms with E-state index in [9.17, 15) is 0 Å². The summed E-state index contributed by atoms with van der Waals surface area (Å²) in [5.41, 5.74) is 2.03. The van der Waals surface area contributed by atoms with Gasteiger partial charge in [-0.25, -0.2) is 9.97 Å². The number of aromatic nitrogens is 5. The van der Waals surface area contributed by atoms with Crippen molar-refractivity contribution < 1.29 is 9.26 Å². The molecule has 0 atom stereocenters. The van der Waals surface area contributed by atoms with E-state index in [-0.39, 0.29) is 5.88 Å². The minimum Gasteiger partial charge on any atom is -0.479 e. The SMILES string of the molecule is COc1ncnc2c1nc(CCl)n2Cc1cc(C)on1. The number of hydrogen-bond donors (Lipinski definition) is 0. The van der Waals surface area contributed by atoms with Gasteiger partial charge in [0.15, 0.2) is 11.2 Å². The van der Waals surface area contributed by atoms with E-state index in [2.05, 4.69) is 20.1 Å². The zero-order valence-corrected chi connectivity index (χ0v) is 11.8. The summed E-state index contributed by atoms with van der Waals surface area (Å²) >= 11 is 5.95. The zero-order valence-electron chi connectivity index (χ0n) is 11.0. The Morgan fingerprint density at radius 1 is 1.40 bits per heavy atom. The van der Waals surface area contributed by atoms with Gasteiger partial charge in [-0.3, -0.25) is 0 Å². The third kappa shape index (κ3) is 2.09. The Bertz CT molecular complexity index is 751. The quantitative estimate of drug-likeness (QED) is 0.684. The molecule has 0 aromatic carbocycles. The Hall–Kier alpha value is -2.15. The van der Waals surface area contributed by atoms with Crippen LogP contribution in [0.25, 0.3) is 11.2 Å². The lowest BCUT2D eigenvalue weighted by atomic mass is 10.3. The van der Waals surface area contributed by atoms with Gasteiger partial charge in [-0.05, 0) is 6.92 Å². The van der Waals surface area contributed by atoms with Crippen molar-refractivity contribution in [1.82, 2.24) is 24.7 Å². The minimum absolute atomic E-state index is 0.260. The van der Waals surface area contributed by atoms with E-state index in [1.165, 1.54) is 6.33 Å². The van der Waals surface area contributed by atoms with Crippen molar-refractivity contribution in [3.05, 3.63) is 29.7 Å². The maximum absolute atomic E-state index is 5.95. The molecule has 0 saturated heterocycles. The summed E-state index contributed by atoms with van der Waals surface area (Å²) in [5.74, 6) is 2.12. The van der Waals surface area contributed by atoms with Gasteiger partial charge in [0, 0.05) is 6.07 Å². The molecule has 0 bridgehead atoms. The number of aryl methyl sites for hydroxylation is 1. The normalized spacial score (nSPS) is 11.2. The molecule has 0 aliphatic carbocycles. The van der Waals surface area contributed by atoms with Crippen LogP contribution in [-0.4, -0.2) is 31.8 Å². The smallest absolute Gasteiger partial charge is 0.245 e. The molecule has 0 aliphatic rings. The van der Waals surface area contributed by atoms with Gasteiger partial charge in [0.25, 0.3) is 0 Å². The van der Waals surface area contributed by atoms with Crippen LogP contribution in [0.15, 0.2) is 16.9 Å². The van der Waals surface area contributed by atoms with Crippen molar-refractivity contribution in [3.8, 4) is 5.88 Å². The highest BCUT2D eigenvalue weighted by atomic mass is 35.5. The number of nitrogens with zero attached hydrogens (tertiary/aromatic N) is 5. The fourth-order valence-electron chi connectivity index (χ4n) is 2.03. The third-order valence-electron chi connectivity index (χ3n) is 2.89. The van der Waals surface area contributed by atoms with Crippen LogP contribution in [0.3, 0.4) is 0 Å². The lowest BCUT2D eigenvalue weighted by molar-refractivity contribution is 0.389. The molecule has 3 aromatic heterocycles. The topological polar surface area (TPSA) is 78.9 Å². The van der Waals surface area contributed by atoms with E-state index >= 15 is 0 Å². The average Bonchev–Trinajstić information content (AvgIpc) is 3.03. The summed E-state index contributed by atoms with van der Waals surface area (Å²) in [6, 6.07) is 1.86. The van der Waals surface area contributed by atoms with Gasteiger partial charge in [-0.15, -0.1) is 11.6 Å². The molecule has 8 heteroatoms. The molecule has 0 aliphatic heterocycles. The van der Waals surface area contributed by atoms with Gasteiger partial charge in [0.2, 0.25) is 5.88 Å². The van der Waals surface area contributed by atoms with Crippen molar-refractivity contribution in [2.45, 2.75) is 19.3 Å². The Labute approximate surface area is 119 Å². The summed E-state index contributed by atoms with van der Waals surface area (Å²) in [7, 11) is 1.54. The van der Waals surface area contributed by atoms with E-state index in [1.807, 2.05) is 17.6 Å². The molecule has 0 N–H and O–H groups in total. The predicted octanol–water partition coefficient (Wildman–Crippen LogP) is 1.92. The minimum atomic E-state index is 0.260. The number of alkyl halides is 1. The molecule has 0 fully saturated rings. The lowest BCUT2D eigenvalue weighted by Crippen LogP contribution is -2.05. The van der Waals surface area contributed by atoms with Crippen LogP contribution in [0.5, 0.6) is 5.88 Å². The number of hydrogen-bond acceptors (Lipinski definition) is 6. The van der Waals surface area contributed by atoms with Crippen molar-refractivity contribution in [1.29, 1.82) is 0 Å². The number of halogens is 1. The molecule has 3 heterocycles. The first-order valence-corrected chi connectivity index (χ1v) is 6.48. The standard InChI is InChI=1S/C12H12ClN5O2/c1-7-3-8(17-20-7)5-18-9(4-13)16-10-11(18)14-6-15-12(10)19-2/h3,6H,4-5H2,1-2H3. The van der Waals surface area contributed by atoms with Crippen molar-refractivity contribution in [2.75, 3.05) is 7.11 Å². The molecule has 3 aromatic rings. The second kappa shape index (κ2) is 5.09. The van der Waals surface area contributed by atoms with E-state index < -0.39 is 0 Å². The first kappa shape index (κ1) is 12.9. The van der Waals surface area contributed by atoms with E-state index in [1.54, 1.807) is 7.11 Å². The van der Waals surface area contributed by atoms with Crippen LogP contribution in [-0.2, 0) is 12.4 Å². The Morgan fingerprint density at radius 2 is 2.25 bits per heavy atom. The molecule has 0 saturated carbocycles. The molecule has 104 valence electrons. The average molecular weight is 294 g/mol. The Kier molecular flexibility index (Phi) is 3.27. The number of ether oxygens (including phenoxy) is 1. The van der Waals surface area contributed by atoms with Crippen LogP contribution in [0.4, 0.5) is 0 Å². The largest absolute Gasteiger partial charge is 0.479 e. The monoisotopic (exact) mass is 293 g/mol. The lowest BCUT2D eigenvalue weighted by Gasteiger charge is -2.04. The van der Waals surface area contributed by atoms with Crippen molar-refractivity contribution in [2.24, 2.45) is 0 Å². The number of rotatable bonds is 4. The summed E-state index contributed by atoms with van der Waals surface area (Å²) < 4.78 is 12.1. The maximum Gasteiger partial charge on any atom is 0.245 e. The van der Waals surface area contributed by atoms with Crippen LogP contribution < -0.4 is 4.74 Å². The molecular weight excluding hydrogens is 282 g/mol. The van der Waals surface area contributed by atoms with Crippen LogP contribution in [0, 0.1) is 6.92 Å². The first-order chi connectivity index (χ1) is 9.72. The predicted molar refractivity (Wildman–Crippen MR) is 71.8 cm³/mol. The Balaban J connectivity index is 2.13. The van der Waals surface area contributed by atoms with Gasteiger partial charge in [-0.1, -0.05) is 5.16 Å². The second-order valence-corrected chi connectivity index (χ2v) is 4.50. The third-order valence-corrected chi connectivity index (χ3v) is 3.13.